The van der Waals surface area contributed by atoms with Crippen LogP contribution in [0.15, 0.2) is 48.8 Å². The number of para-hydroxylation sites is 1. The number of benzene rings is 1. The van der Waals surface area contributed by atoms with Gasteiger partial charge in [0.2, 0.25) is 0 Å². The minimum absolute atomic E-state index is 0.0514. The number of hydrogen-bond donors (Lipinski definition) is 0. The number of ether oxygens (including phenoxy) is 2. The maximum absolute atomic E-state index is 13.2. The number of amides is 1. The Morgan fingerprint density at radius 2 is 2.14 bits per heavy atom. The number of aromatic nitrogens is 1. The van der Waals surface area contributed by atoms with Gasteiger partial charge in [0.15, 0.2) is 0 Å². The molecule has 1 aromatic carbocycles. The summed E-state index contributed by atoms with van der Waals surface area (Å²) >= 11 is 0. The predicted octanol–water partition coefficient (Wildman–Crippen LogP) is 2.84. The Hall–Kier alpha value is -2.44. The summed E-state index contributed by atoms with van der Waals surface area (Å²) in [5.41, 5.74) is 1.87. The molecule has 0 aliphatic carbocycles. The molecule has 6 nitrogen and oxygen atoms in total. The monoisotopic (exact) mass is 395 g/mol. The van der Waals surface area contributed by atoms with Crippen LogP contribution in [0, 0.1) is 5.92 Å². The number of hydrogen-bond acceptors (Lipinski definition) is 5. The molecule has 2 atom stereocenters. The molecule has 3 heterocycles. The fourth-order valence-electron chi connectivity index (χ4n) is 4.45. The Balaban J connectivity index is 1.47. The molecule has 1 amide bonds. The lowest BCUT2D eigenvalue weighted by Gasteiger charge is -2.42. The zero-order valence-electron chi connectivity index (χ0n) is 17.0. The molecule has 154 valence electrons. The molecule has 0 saturated carbocycles. The lowest BCUT2D eigenvalue weighted by Crippen LogP contribution is -2.52. The van der Waals surface area contributed by atoms with Gasteiger partial charge in [0.25, 0.3) is 5.91 Å². The van der Waals surface area contributed by atoms with Gasteiger partial charge in [0, 0.05) is 50.5 Å². The number of rotatable bonds is 5. The van der Waals surface area contributed by atoms with Crippen molar-refractivity contribution in [1.82, 2.24) is 14.8 Å². The van der Waals surface area contributed by atoms with Crippen LogP contribution >= 0.6 is 0 Å². The second kappa shape index (κ2) is 9.37. The van der Waals surface area contributed by atoms with Gasteiger partial charge in [-0.2, -0.15) is 0 Å². The highest BCUT2D eigenvalue weighted by Gasteiger charge is 2.37. The average molecular weight is 396 g/mol. The van der Waals surface area contributed by atoms with Crippen molar-refractivity contribution in [3.05, 3.63) is 59.9 Å². The minimum atomic E-state index is 0.0514. The van der Waals surface area contributed by atoms with Crippen LogP contribution in [0.25, 0.3) is 0 Å². The van der Waals surface area contributed by atoms with E-state index in [9.17, 15) is 4.79 Å². The van der Waals surface area contributed by atoms with Crippen molar-refractivity contribution < 1.29 is 14.3 Å². The first-order valence-corrected chi connectivity index (χ1v) is 10.5. The van der Waals surface area contributed by atoms with E-state index in [-0.39, 0.29) is 5.91 Å². The Bertz CT molecular complexity index is 814. The maximum atomic E-state index is 13.2. The van der Waals surface area contributed by atoms with Crippen molar-refractivity contribution in [1.29, 1.82) is 0 Å². The highest BCUT2D eigenvalue weighted by Crippen LogP contribution is 2.29. The summed E-state index contributed by atoms with van der Waals surface area (Å²) in [5.74, 6) is 1.03. The molecule has 1 aromatic heterocycles. The second-order valence-electron chi connectivity index (χ2n) is 7.70. The highest BCUT2D eigenvalue weighted by molar-refractivity contribution is 5.97. The lowest BCUT2D eigenvalue weighted by atomic mass is 9.90. The van der Waals surface area contributed by atoms with Gasteiger partial charge in [-0.1, -0.05) is 18.2 Å². The molecule has 4 rings (SSSR count). The van der Waals surface area contributed by atoms with Crippen LogP contribution in [0.1, 0.15) is 29.3 Å². The summed E-state index contributed by atoms with van der Waals surface area (Å²) < 4.78 is 11.6. The topological polar surface area (TPSA) is 54.9 Å². The Labute approximate surface area is 172 Å². The van der Waals surface area contributed by atoms with E-state index in [4.69, 9.17) is 9.47 Å². The highest BCUT2D eigenvalue weighted by atomic mass is 16.5. The summed E-state index contributed by atoms with van der Waals surface area (Å²) in [5, 5.41) is 0. The largest absolute Gasteiger partial charge is 0.493 e. The van der Waals surface area contributed by atoms with Gasteiger partial charge in [0.1, 0.15) is 5.75 Å². The average Bonchev–Trinajstić information content (AvgIpc) is 2.96. The number of pyridine rings is 1. The molecular weight excluding hydrogens is 366 g/mol. The molecule has 2 fully saturated rings. The molecule has 29 heavy (non-hydrogen) atoms. The Kier molecular flexibility index (Phi) is 6.42. The second-order valence-corrected chi connectivity index (χ2v) is 7.70. The van der Waals surface area contributed by atoms with E-state index in [1.54, 1.807) is 0 Å². The Morgan fingerprint density at radius 3 is 2.97 bits per heavy atom. The molecule has 0 N–H and O–H groups in total. The fourth-order valence-corrected chi connectivity index (χ4v) is 4.45. The van der Waals surface area contributed by atoms with Crippen molar-refractivity contribution in [2.24, 2.45) is 5.92 Å². The van der Waals surface area contributed by atoms with E-state index >= 15 is 0 Å². The number of fused-ring (bicyclic) bond motifs is 1. The van der Waals surface area contributed by atoms with Crippen LogP contribution in [0.3, 0.4) is 0 Å². The van der Waals surface area contributed by atoms with Crippen molar-refractivity contribution in [2.75, 3.05) is 39.5 Å². The van der Waals surface area contributed by atoms with Gasteiger partial charge in [0.05, 0.1) is 25.4 Å². The normalized spacial score (nSPS) is 22.6. The number of piperidine rings is 1. The first-order valence-electron chi connectivity index (χ1n) is 10.5. The first-order chi connectivity index (χ1) is 14.3. The summed E-state index contributed by atoms with van der Waals surface area (Å²) in [6.45, 7) is 7.17. The number of likely N-dealkylation sites (tertiary alicyclic amines) is 1. The van der Waals surface area contributed by atoms with E-state index in [0.717, 1.165) is 32.7 Å². The standard InChI is InChI=1S/C23H29N3O3/c1-2-29-22-8-4-3-7-20(22)23(27)26-11-9-21-19(16-26)17-28-13-12-25(21)15-18-6-5-10-24-14-18/h3-8,10,14,19,21H,2,9,11-13,15-17H2,1H3/t19-,21-/m1/s1. The summed E-state index contributed by atoms with van der Waals surface area (Å²) in [4.78, 5) is 21.9. The van der Waals surface area contributed by atoms with Gasteiger partial charge >= 0.3 is 0 Å². The third kappa shape index (κ3) is 4.60. The van der Waals surface area contributed by atoms with Crippen LogP contribution in [0.5, 0.6) is 5.75 Å². The summed E-state index contributed by atoms with van der Waals surface area (Å²) in [7, 11) is 0. The molecule has 0 spiro atoms. The van der Waals surface area contributed by atoms with Crippen LogP contribution in [0.2, 0.25) is 0 Å². The minimum Gasteiger partial charge on any atom is -0.493 e. The van der Waals surface area contributed by atoms with E-state index < -0.39 is 0 Å². The van der Waals surface area contributed by atoms with E-state index in [0.29, 0.717) is 43.0 Å². The Morgan fingerprint density at radius 1 is 1.24 bits per heavy atom. The van der Waals surface area contributed by atoms with Crippen molar-refractivity contribution in [3.63, 3.8) is 0 Å². The third-order valence-corrected chi connectivity index (χ3v) is 5.83. The smallest absolute Gasteiger partial charge is 0.257 e. The van der Waals surface area contributed by atoms with Gasteiger partial charge in [-0.3, -0.25) is 14.7 Å². The molecule has 2 saturated heterocycles. The molecule has 0 unspecified atom stereocenters. The van der Waals surface area contributed by atoms with Gasteiger partial charge in [-0.15, -0.1) is 0 Å². The van der Waals surface area contributed by atoms with Crippen LogP contribution in [-0.2, 0) is 11.3 Å². The molecule has 2 aromatic rings. The summed E-state index contributed by atoms with van der Waals surface area (Å²) in [6.07, 6.45) is 4.70. The van der Waals surface area contributed by atoms with Crippen LogP contribution in [0.4, 0.5) is 0 Å². The maximum Gasteiger partial charge on any atom is 0.257 e. The van der Waals surface area contributed by atoms with E-state index in [2.05, 4.69) is 16.0 Å². The van der Waals surface area contributed by atoms with Crippen molar-refractivity contribution in [3.8, 4) is 5.75 Å². The molecular formula is C23H29N3O3. The predicted molar refractivity (Wildman–Crippen MR) is 111 cm³/mol. The molecule has 6 heteroatoms. The molecule has 2 aliphatic heterocycles. The zero-order chi connectivity index (χ0) is 20.1. The van der Waals surface area contributed by atoms with Crippen molar-refractivity contribution in [2.45, 2.75) is 25.9 Å². The van der Waals surface area contributed by atoms with Gasteiger partial charge in [-0.05, 0) is 37.1 Å². The molecule has 2 aliphatic rings. The lowest BCUT2D eigenvalue weighted by molar-refractivity contribution is 0.0367. The zero-order valence-corrected chi connectivity index (χ0v) is 17.0. The van der Waals surface area contributed by atoms with E-state index in [1.165, 1.54) is 5.56 Å². The van der Waals surface area contributed by atoms with Gasteiger partial charge < -0.3 is 14.4 Å². The quantitative estimate of drug-likeness (QED) is 0.779. The fraction of sp³-hybridized carbons (Fsp3) is 0.478. The van der Waals surface area contributed by atoms with E-state index in [1.807, 2.05) is 54.5 Å². The SMILES string of the molecule is CCOc1ccccc1C(=O)N1CC[C@@H]2[C@@H](COCCN2Cc2cccnc2)C1. The van der Waals surface area contributed by atoms with Crippen LogP contribution < -0.4 is 4.74 Å². The van der Waals surface area contributed by atoms with Crippen molar-refractivity contribution >= 4 is 5.91 Å². The number of carbonyl (C=O) groups is 1. The van der Waals surface area contributed by atoms with Gasteiger partial charge in [-0.25, -0.2) is 0 Å². The number of nitrogens with zero attached hydrogens (tertiary/aromatic N) is 3. The van der Waals surface area contributed by atoms with Crippen LogP contribution in [-0.4, -0.2) is 66.2 Å². The first kappa shape index (κ1) is 19.9. The third-order valence-electron chi connectivity index (χ3n) is 5.83. The molecule has 0 bridgehead atoms. The molecule has 0 radical (unpaired) electrons. The summed E-state index contributed by atoms with van der Waals surface area (Å²) in [6, 6.07) is 12.1. The number of carbonyl (C=O) groups excluding carboxylic acids is 1.